The predicted molar refractivity (Wildman–Crippen MR) is 55.0 cm³/mol. The smallest absolute Gasteiger partial charge is 0.142 e. The van der Waals surface area contributed by atoms with Crippen LogP contribution in [0, 0.1) is 0 Å². The molecule has 3 nitrogen and oxygen atoms in total. The Balaban J connectivity index is 2.94. The van der Waals surface area contributed by atoms with Crippen molar-refractivity contribution in [2.75, 3.05) is 12.9 Å². The fraction of sp³-hybridized carbons (Fsp3) is 0.300. The van der Waals surface area contributed by atoms with Gasteiger partial charge in [-0.3, -0.25) is 9.00 Å². The lowest BCUT2D eigenvalue weighted by molar-refractivity contribution is -0.114. The standard InChI is InChI=1S/C10H12O3S/c1-8(11)7-14(12)10-6-4-3-5-9(10)13-2/h3-6H,7H2,1-2H3. The van der Waals surface area contributed by atoms with Crippen LogP contribution in [0.3, 0.4) is 0 Å². The Morgan fingerprint density at radius 1 is 1.43 bits per heavy atom. The van der Waals surface area contributed by atoms with E-state index in [0.717, 1.165) is 0 Å². The van der Waals surface area contributed by atoms with Crippen LogP contribution in [-0.4, -0.2) is 22.9 Å². The molecule has 1 aromatic rings. The van der Waals surface area contributed by atoms with Gasteiger partial charge in [0.15, 0.2) is 0 Å². The molecule has 1 aromatic carbocycles. The minimum absolute atomic E-state index is 0.0420. The second kappa shape index (κ2) is 4.91. The number of benzene rings is 1. The Morgan fingerprint density at radius 2 is 2.07 bits per heavy atom. The van der Waals surface area contributed by atoms with Gasteiger partial charge in [-0.1, -0.05) is 12.1 Å². The van der Waals surface area contributed by atoms with E-state index >= 15 is 0 Å². The van der Waals surface area contributed by atoms with Gasteiger partial charge in [0.25, 0.3) is 0 Å². The normalized spacial score (nSPS) is 12.1. The summed E-state index contributed by atoms with van der Waals surface area (Å²) in [6.07, 6.45) is 0. The molecular formula is C10H12O3S. The van der Waals surface area contributed by atoms with Crippen molar-refractivity contribution in [2.45, 2.75) is 11.8 Å². The first-order valence-electron chi connectivity index (χ1n) is 4.16. The minimum Gasteiger partial charge on any atom is -0.495 e. The number of hydrogen-bond donors (Lipinski definition) is 0. The first kappa shape index (κ1) is 10.9. The van der Waals surface area contributed by atoms with E-state index < -0.39 is 10.8 Å². The fourth-order valence-electron chi connectivity index (χ4n) is 1.07. The molecule has 0 amide bonds. The molecule has 0 aliphatic heterocycles. The number of para-hydroxylation sites is 1. The van der Waals surface area contributed by atoms with E-state index in [9.17, 15) is 9.00 Å². The molecule has 0 saturated heterocycles. The first-order valence-corrected chi connectivity index (χ1v) is 5.48. The number of carbonyl (C=O) groups excluding carboxylic acids is 1. The first-order chi connectivity index (χ1) is 6.65. The largest absolute Gasteiger partial charge is 0.495 e. The zero-order chi connectivity index (χ0) is 10.6. The maximum absolute atomic E-state index is 11.6. The van der Waals surface area contributed by atoms with Gasteiger partial charge >= 0.3 is 0 Å². The van der Waals surface area contributed by atoms with E-state index in [2.05, 4.69) is 0 Å². The molecule has 0 heterocycles. The third kappa shape index (κ3) is 2.67. The highest BCUT2D eigenvalue weighted by Crippen LogP contribution is 2.21. The van der Waals surface area contributed by atoms with Gasteiger partial charge in [0.2, 0.25) is 0 Å². The van der Waals surface area contributed by atoms with E-state index in [-0.39, 0.29) is 11.5 Å². The van der Waals surface area contributed by atoms with Gasteiger partial charge in [0.05, 0.1) is 28.6 Å². The molecule has 0 bridgehead atoms. The molecule has 0 aromatic heterocycles. The minimum atomic E-state index is -1.30. The van der Waals surface area contributed by atoms with Crippen LogP contribution in [-0.2, 0) is 15.6 Å². The quantitative estimate of drug-likeness (QED) is 0.757. The van der Waals surface area contributed by atoms with E-state index in [4.69, 9.17) is 4.74 Å². The van der Waals surface area contributed by atoms with E-state index in [1.807, 2.05) is 0 Å². The fourth-order valence-corrected chi connectivity index (χ4v) is 2.20. The van der Waals surface area contributed by atoms with Crippen LogP contribution in [0.5, 0.6) is 5.75 Å². The van der Waals surface area contributed by atoms with Crippen LogP contribution in [0.1, 0.15) is 6.92 Å². The van der Waals surface area contributed by atoms with Gasteiger partial charge in [-0.05, 0) is 19.1 Å². The zero-order valence-corrected chi connectivity index (χ0v) is 8.97. The molecule has 0 N–H and O–H groups in total. The van der Waals surface area contributed by atoms with Crippen molar-refractivity contribution in [1.29, 1.82) is 0 Å². The highest BCUT2D eigenvalue weighted by Gasteiger charge is 2.11. The molecule has 14 heavy (non-hydrogen) atoms. The number of Topliss-reactive ketones (excluding diaryl/α,β-unsaturated/α-hetero) is 1. The molecule has 1 unspecified atom stereocenters. The van der Waals surface area contributed by atoms with Crippen LogP contribution in [0.2, 0.25) is 0 Å². The van der Waals surface area contributed by atoms with Crippen molar-refractivity contribution in [3.63, 3.8) is 0 Å². The molecule has 0 radical (unpaired) electrons. The summed E-state index contributed by atoms with van der Waals surface area (Å²) in [7, 11) is 0.218. The topological polar surface area (TPSA) is 43.4 Å². The molecule has 0 saturated carbocycles. The molecule has 0 aliphatic rings. The number of methoxy groups -OCH3 is 1. The second-order valence-electron chi connectivity index (χ2n) is 2.84. The highest BCUT2D eigenvalue weighted by molar-refractivity contribution is 7.85. The molecular weight excluding hydrogens is 200 g/mol. The molecule has 0 fully saturated rings. The molecule has 0 aliphatic carbocycles. The maximum atomic E-state index is 11.6. The van der Waals surface area contributed by atoms with Gasteiger partial charge in [0.1, 0.15) is 11.5 Å². The second-order valence-corrected chi connectivity index (χ2v) is 4.26. The van der Waals surface area contributed by atoms with Gasteiger partial charge < -0.3 is 4.74 Å². The summed E-state index contributed by atoms with van der Waals surface area (Å²) in [5.74, 6) is 0.515. The van der Waals surface area contributed by atoms with Crippen molar-refractivity contribution < 1.29 is 13.7 Å². The number of carbonyl (C=O) groups is 1. The summed E-state index contributed by atoms with van der Waals surface area (Å²) in [4.78, 5) is 11.4. The van der Waals surface area contributed by atoms with Gasteiger partial charge in [-0.2, -0.15) is 0 Å². The maximum Gasteiger partial charge on any atom is 0.142 e. The van der Waals surface area contributed by atoms with E-state index in [1.54, 1.807) is 24.3 Å². The third-order valence-electron chi connectivity index (χ3n) is 1.65. The summed E-state index contributed by atoms with van der Waals surface area (Å²) < 4.78 is 16.7. The number of ketones is 1. The van der Waals surface area contributed by atoms with Crippen molar-refractivity contribution >= 4 is 16.6 Å². The van der Waals surface area contributed by atoms with Crippen LogP contribution in [0.4, 0.5) is 0 Å². The SMILES string of the molecule is COc1ccccc1S(=O)CC(C)=O. The lowest BCUT2D eigenvalue weighted by atomic mass is 10.3. The Kier molecular flexibility index (Phi) is 3.83. The van der Waals surface area contributed by atoms with Crippen LogP contribution >= 0.6 is 0 Å². The highest BCUT2D eigenvalue weighted by atomic mass is 32.2. The van der Waals surface area contributed by atoms with Gasteiger partial charge in [-0.25, -0.2) is 0 Å². The number of rotatable bonds is 4. The Morgan fingerprint density at radius 3 is 2.64 bits per heavy atom. The van der Waals surface area contributed by atoms with E-state index in [1.165, 1.54) is 14.0 Å². The molecule has 76 valence electrons. The molecule has 4 heteroatoms. The van der Waals surface area contributed by atoms with Crippen LogP contribution in [0.15, 0.2) is 29.2 Å². The number of hydrogen-bond acceptors (Lipinski definition) is 3. The molecule has 1 atom stereocenters. The summed E-state index contributed by atoms with van der Waals surface area (Å²) >= 11 is 0. The molecule has 0 spiro atoms. The predicted octanol–water partition coefficient (Wildman–Crippen LogP) is 1.39. The Bertz CT molecular complexity index is 360. The summed E-state index contributed by atoms with van der Waals surface area (Å²) in [6, 6.07) is 7.01. The Labute approximate surface area is 85.5 Å². The van der Waals surface area contributed by atoms with Crippen LogP contribution < -0.4 is 4.74 Å². The van der Waals surface area contributed by atoms with Crippen molar-refractivity contribution in [1.82, 2.24) is 0 Å². The summed E-state index contributed by atoms with van der Waals surface area (Å²) in [5, 5.41) is 0. The average molecular weight is 212 g/mol. The molecule has 1 rings (SSSR count). The van der Waals surface area contributed by atoms with Crippen LogP contribution in [0.25, 0.3) is 0 Å². The lowest BCUT2D eigenvalue weighted by Crippen LogP contribution is -2.07. The van der Waals surface area contributed by atoms with Crippen molar-refractivity contribution in [3.8, 4) is 5.75 Å². The lowest BCUT2D eigenvalue weighted by Gasteiger charge is -2.06. The van der Waals surface area contributed by atoms with Crippen molar-refractivity contribution in [3.05, 3.63) is 24.3 Å². The number of ether oxygens (including phenoxy) is 1. The average Bonchev–Trinajstić information content (AvgIpc) is 2.16. The Hall–Kier alpha value is -1.16. The van der Waals surface area contributed by atoms with Crippen molar-refractivity contribution in [2.24, 2.45) is 0 Å². The summed E-state index contributed by atoms with van der Waals surface area (Å²) in [5.41, 5.74) is 0. The third-order valence-corrected chi connectivity index (χ3v) is 3.15. The zero-order valence-electron chi connectivity index (χ0n) is 8.15. The van der Waals surface area contributed by atoms with Gasteiger partial charge in [-0.15, -0.1) is 0 Å². The monoisotopic (exact) mass is 212 g/mol. The summed E-state index contributed by atoms with van der Waals surface area (Å²) in [6.45, 7) is 1.42. The van der Waals surface area contributed by atoms with E-state index in [0.29, 0.717) is 10.6 Å². The van der Waals surface area contributed by atoms with Gasteiger partial charge in [0, 0.05) is 0 Å².